The highest BCUT2D eigenvalue weighted by Gasteiger charge is 2.13. The molecule has 1 N–H and O–H groups in total. The van der Waals surface area contributed by atoms with Crippen LogP contribution in [0.25, 0.3) is 0 Å². The summed E-state index contributed by atoms with van der Waals surface area (Å²) in [5.74, 6) is 7.27. The standard InChI is InChI=1S/C17H22O2/c1-14-12-17(10-9-16(14)8-5-11-18)19-13-15-6-3-2-4-7-15/h9-10,12,15,18H,2-4,6-7,11,13H2,1H3. The third-order valence-electron chi connectivity index (χ3n) is 3.71. The van der Waals surface area contributed by atoms with Gasteiger partial charge in [-0.1, -0.05) is 31.1 Å². The molecule has 1 aromatic carbocycles. The molecule has 0 bridgehead atoms. The zero-order valence-electron chi connectivity index (χ0n) is 11.6. The molecule has 0 heterocycles. The molecule has 0 unspecified atom stereocenters. The van der Waals surface area contributed by atoms with Crippen molar-refractivity contribution in [2.75, 3.05) is 13.2 Å². The van der Waals surface area contributed by atoms with E-state index in [-0.39, 0.29) is 6.61 Å². The molecule has 0 spiro atoms. The maximum absolute atomic E-state index is 8.70. The number of aliphatic hydroxyl groups excluding tert-OH is 1. The molecule has 1 fully saturated rings. The van der Waals surface area contributed by atoms with Crippen molar-refractivity contribution < 1.29 is 9.84 Å². The van der Waals surface area contributed by atoms with Crippen LogP contribution in [-0.4, -0.2) is 18.3 Å². The Labute approximate surface area is 115 Å². The molecule has 1 saturated carbocycles. The Morgan fingerprint density at radius 1 is 1.26 bits per heavy atom. The van der Waals surface area contributed by atoms with Crippen LogP contribution in [0.4, 0.5) is 0 Å². The van der Waals surface area contributed by atoms with Crippen LogP contribution < -0.4 is 4.74 Å². The van der Waals surface area contributed by atoms with E-state index in [9.17, 15) is 0 Å². The van der Waals surface area contributed by atoms with Crippen molar-refractivity contribution in [2.24, 2.45) is 5.92 Å². The zero-order valence-corrected chi connectivity index (χ0v) is 11.6. The van der Waals surface area contributed by atoms with Gasteiger partial charge in [-0.05, 0) is 49.4 Å². The molecule has 0 aliphatic heterocycles. The number of benzene rings is 1. The van der Waals surface area contributed by atoms with Gasteiger partial charge in [0.05, 0.1) is 6.61 Å². The summed E-state index contributed by atoms with van der Waals surface area (Å²) in [5.41, 5.74) is 2.06. The highest BCUT2D eigenvalue weighted by atomic mass is 16.5. The quantitative estimate of drug-likeness (QED) is 0.843. The molecule has 0 radical (unpaired) electrons. The van der Waals surface area contributed by atoms with Gasteiger partial charge in [0.1, 0.15) is 12.4 Å². The third kappa shape index (κ3) is 4.29. The molecule has 1 aromatic rings. The first kappa shape index (κ1) is 14.0. The minimum atomic E-state index is -0.0978. The fraction of sp³-hybridized carbons (Fsp3) is 0.529. The SMILES string of the molecule is Cc1cc(OCC2CCCCC2)ccc1C#CCO. The summed E-state index contributed by atoms with van der Waals surface area (Å²) in [6.07, 6.45) is 6.69. The van der Waals surface area contributed by atoms with Gasteiger partial charge >= 0.3 is 0 Å². The maximum atomic E-state index is 8.70. The van der Waals surface area contributed by atoms with Crippen molar-refractivity contribution in [3.8, 4) is 17.6 Å². The number of ether oxygens (including phenoxy) is 1. The minimum Gasteiger partial charge on any atom is -0.493 e. The fourth-order valence-corrected chi connectivity index (χ4v) is 2.57. The van der Waals surface area contributed by atoms with Gasteiger partial charge in [0.15, 0.2) is 0 Å². The predicted octanol–water partition coefficient (Wildman–Crippen LogP) is 3.30. The largest absolute Gasteiger partial charge is 0.493 e. The maximum Gasteiger partial charge on any atom is 0.119 e. The van der Waals surface area contributed by atoms with Crippen molar-refractivity contribution in [3.63, 3.8) is 0 Å². The van der Waals surface area contributed by atoms with E-state index in [1.54, 1.807) is 0 Å². The summed E-state index contributed by atoms with van der Waals surface area (Å²) in [5, 5.41) is 8.70. The van der Waals surface area contributed by atoms with Crippen molar-refractivity contribution in [1.29, 1.82) is 0 Å². The minimum absolute atomic E-state index is 0.0978. The lowest BCUT2D eigenvalue weighted by Gasteiger charge is -2.21. The molecule has 0 aromatic heterocycles. The number of aryl methyl sites for hydroxylation is 1. The van der Waals surface area contributed by atoms with E-state index in [1.807, 2.05) is 25.1 Å². The second-order valence-corrected chi connectivity index (χ2v) is 5.25. The van der Waals surface area contributed by atoms with Crippen LogP contribution >= 0.6 is 0 Å². The summed E-state index contributed by atoms with van der Waals surface area (Å²) in [6, 6.07) is 5.97. The molecule has 0 amide bonds. The molecule has 0 saturated heterocycles. The van der Waals surface area contributed by atoms with E-state index < -0.39 is 0 Å². The van der Waals surface area contributed by atoms with Crippen LogP contribution in [0, 0.1) is 24.7 Å². The topological polar surface area (TPSA) is 29.5 Å². The molecule has 0 atom stereocenters. The van der Waals surface area contributed by atoms with Gasteiger partial charge in [0.25, 0.3) is 0 Å². The average Bonchev–Trinajstić information content (AvgIpc) is 2.45. The fourth-order valence-electron chi connectivity index (χ4n) is 2.57. The second kappa shape index (κ2) is 7.21. The van der Waals surface area contributed by atoms with Gasteiger partial charge in [0.2, 0.25) is 0 Å². The predicted molar refractivity (Wildman–Crippen MR) is 77.2 cm³/mol. The van der Waals surface area contributed by atoms with Crippen LogP contribution in [0.5, 0.6) is 5.75 Å². The van der Waals surface area contributed by atoms with E-state index in [0.717, 1.165) is 29.4 Å². The number of hydrogen-bond acceptors (Lipinski definition) is 2. The van der Waals surface area contributed by atoms with E-state index in [2.05, 4.69) is 11.8 Å². The van der Waals surface area contributed by atoms with Crippen molar-refractivity contribution in [1.82, 2.24) is 0 Å². The van der Waals surface area contributed by atoms with Crippen LogP contribution in [0.2, 0.25) is 0 Å². The lowest BCUT2D eigenvalue weighted by Crippen LogP contribution is -2.15. The van der Waals surface area contributed by atoms with E-state index in [4.69, 9.17) is 9.84 Å². The first-order chi connectivity index (χ1) is 9.29. The average molecular weight is 258 g/mol. The first-order valence-corrected chi connectivity index (χ1v) is 7.13. The Balaban J connectivity index is 1.92. The Morgan fingerprint density at radius 3 is 2.74 bits per heavy atom. The van der Waals surface area contributed by atoms with Gasteiger partial charge < -0.3 is 9.84 Å². The molecule has 1 aliphatic rings. The summed E-state index contributed by atoms with van der Waals surface area (Å²) in [7, 11) is 0. The van der Waals surface area contributed by atoms with Crippen LogP contribution in [0.15, 0.2) is 18.2 Å². The van der Waals surface area contributed by atoms with Crippen LogP contribution in [0.3, 0.4) is 0 Å². The van der Waals surface area contributed by atoms with E-state index in [1.165, 1.54) is 32.1 Å². The number of hydrogen-bond donors (Lipinski definition) is 1. The van der Waals surface area contributed by atoms with Gasteiger partial charge in [-0.2, -0.15) is 0 Å². The Morgan fingerprint density at radius 2 is 2.05 bits per heavy atom. The molecule has 102 valence electrons. The Hall–Kier alpha value is -1.46. The zero-order chi connectivity index (χ0) is 13.5. The van der Waals surface area contributed by atoms with Crippen molar-refractivity contribution in [3.05, 3.63) is 29.3 Å². The lowest BCUT2D eigenvalue weighted by molar-refractivity contribution is 0.209. The van der Waals surface area contributed by atoms with Gasteiger partial charge in [-0.15, -0.1) is 0 Å². The van der Waals surface area contributed by atoms with E-state index >= 15 is 0 Å². The number of aliphatic hydroxyl groups is 1. The summed E-state index contributed by atoms with van der Waals surface area (Å²) >= 11 is 0. The molecule has 2 nitrogen and oxygen atoms in total. The smallest absolute Gasteiger partial charge is 0.119 e. The monoisotopic (exact) mass is 258 g/mol. The molecule has 19 heavy (non-hydrogen) atoms. The van der Waals surface area contributed by atoms with Gasteiger partial charge in [-0.3, -0.25) is 0 Å². The summed E-state index contributed by atoms with van der Waals surface area (Å²) in [4.78, 5) is 0. The normalized spacial score (nSPS) is 15.7. The molecule has 2 rings (SSSR count). The second-order valence-electron chi connectivity index (χ2n) is 5.25. The highest BCUT2D eigenvalue weighted by molar-refractivity contribution is 5.44. The van der Waals surface area contributed by atoms with Crippen molar-refractivity contribution >= 4 is 0 Å². The van der Waals surface area contributed by atoms with Gasteiger partial charge in [-0.25, -0.2) is 0 Å². The Kier molecular flexibility index (Phi) is 5.30. The summed E-state index contributed by atoms with van der Waals surface area (Å²) < 4.78 is 5.89. The van der Waals surface area contributed by atoms with E-state index in [0.29, 0.717) is 0 Å². The van der Waals surface area contributed by atoms with Crippen LogP contribution in [-0.2, 0) is 0 Å². The third-order valence-corrected chi connectivity index (χ3v) is 3.71. The van der Waals surface area contributed by atoms with Crippen LogP contribution in [0.1, 0.15) is 43.2 Å². The molecule has 2 heteroatoms. The molecular weight excluding hydrogens is 236 g/mol. The van der Waals surface area contributed by atoms with Gasteiger partial charge in [0, 0.05) is 5.56 Å². The molecular formula is C17H22O2. The first-order valence-electron chi connectivity index (χ1n) is 7.13. The Bertz CT molecular complexity index is 462. The lowest BCUT2D eigenvalue weighted by atomic mass is 9.90. The summed E-state index contributed by atoms with van der Waals surface area (Å²) in [6.45, 7) is 2.76. The highest BCUT2D eigenvalue weighted by Crippen LogP contribution is 2.25. The number of rotatable bonds is 3. The molecule has 1 aliphatic carbocycles. The van der Waals surface area contributed by atoms with Crippen molar-refractivity contribution in [2.45, 2.75) is 39.0 Å².